The van der Waals surface area contributed by atoms with E-state index in [1.807, 2.05) is 6.07 Å². The van der Waals surface area contributed by atoms with Crippen molar-refractivity contribution >= 4 is 22.8 Å². The van der Waals surface area contributed by atoms with Gasteiger partial charge in [-0.15, -0.1) is 0 Å². The first-order valence-electron chi connectivity index (χ1n) is 12.5. The number of aryl methyl sites for hydroxylation is 1. The Bertz CT molecular complexity index is 1120. The molecule has 9 heteroatoms. The summed E-state index contributed by atoms with van der Waals surface area (Å²) in [5, 5.41) is 2.37. The average Bonchev–Trinajstić information content (AvgIpc) is 3.05. The van der Waals surface area contributed by atoms with Crippen LogP contribution in [0.15, 0.2) is 23.0 Å². The number of imidazole rings is 1. The first kappa shape index (κ1) is 23.3. The van der Waals surface area contributed by atoms with Gasteiger partial charge in [-0.3, -0.25) is 24.0 Å². The SMILES string of the molecule is Cn1c(=O)n(C2CCC(=O)NC2=O)c2ccc(C3CCN(C[C@H]4C[C@H](OCCN)C4)CC3)cc21. The zero-order valence-electron chi connectivity index (χ0n) is 19.9. The standard InChI is InChI=1S/C25H35N5O4/c1-28-22-14-18(2-3-20(22)30(25(28)33)21-4-5-23(31)27-24(21)32)17-6-9-29(10-7-17)15-16-12-19(13-16)34-11-8-26/h2-3,14,16-17,19,21H,4-13,15,26H2,1H3,(H,27,31,32)/t16-,19-,21?. The van der Waals surface area contributed by atoms with Crippen LogP contribution in [0.25, 0.3) is 11.0 Å². The molecule has 3 aliphatic rings. The monoisotopic (exact) mass is 469 g/mol. The second-order valence-corrected chi connectivity index (χ2v) is 10.1. The Morgan fingerprint density at radius 3 is 2.56 bits per heavy atom. The fourth-order valence-corrected chi connectivity index (χ4v) is 5.87. The van der Waals surface area contributed by atoms with E-state index in [-0.39, 0.29) is 18.0 Å². The number of nitrogens with zero attached hydrogens (tertiary/aromatic N) is 3. The van der Waals surface area contributed by atoms with Crippen molar-refractivity contribution in [2.45, 2.75) is 56.6 Å². The number of fused-ring (bicyclic) bond motifs is 1. The van der Waals surface area contributed by atoms with E-state index < -0.39 is 11.9 Å². The van der Waals surface area contributed by atoms with Crippen LogP contribution in [0.4, 0.5) is 0 Å². The van der Waals surface area contributed by atoms with E-state index in [4.69, 9.17) is 10.5 Å². The first-order valence-corrected chi connectivity index (χ1v) is 12.5. The second kappa shape index (κ2) is 9.64. The molecule has 9 nitrogen and oxygen atoms in total. The van der Waals surface area contributed by atoms with Crippen molar-refractivity contribution in [3.8, 4) is 0 Å². The van der Waals surface area contributed by atoms with Crippen molar-refractivity contribution in [1.82, 2.24) is 19.4 Å². The van der Waals surface area contributed by atoms with Crippen molar-refractivity contribution in [2.24, 2.45) is 18.7 Å². The molecule has 1 aromatic carbocycles. The van der Waals surface area contributed by atoms with E-state index in [1.165, 1.54) is 5.56 Å². The number of piperidine rings is 2. The number of benzene rings is 1. The van der Waals surface area contributed by atoms with E-state index in [9.17, 15) is 14.4 Å². The van der Waals surface area contributed by atoms with Gasteiger partial charge in [-0.2, -0.15) is 0 Å². The number of carbonyl (C=O) groups is 2. The lowest BCUT2D eigenvalue weighted by molar-refractivity contribution is -0.135. The minimum absolute atomic E-state index is 0.217. The highest BCUT2D eigenvalue weighted by Crippen LogP contribution is 2.34. The average molecular weight is 470 g/mol. The Labute approximate surface area is 199 Å². The summed E-state index contributed by atoms with van der Waals surface area (Å²) in [5.74, 6) is 0.528. The lowest BCUT2D eigenvalue weighted by Crippen LogP contribution is -2.44. The fraction of sp³-hybridized carbons (Fsp3) is 0.640. The summed E-state index contributed by atoms with van der Waals surface area (Å²) in [6, 6.07) is 5.55. The Morgan fingerprint density at radius 2 is 1.85 bits per heavy atom. The first-order chi connectivity index (χ1) is 16.4. The van der Waals surface area contributed by atoms with Gasteiger partial charge in [0.05, 0.1) is 23.7 Å². The van der Waals surface area contributed by atoms with Gasteiger partial charge >= 0.3 is 5.69 Å². The Balaban J connectivity index is 1.23. The van der Waals surface area contributed by atoms with Gasteiger partial charge in [0.15, 0.2) is 0 Å². The number of aromatic nitrogens is 2. The molecule has 3 fully saturated rings. The van der Waals surface area contributed by atoms with Crippen LogP contribution in [0.2, 0.25) is 0 Å². The number of amides is 2. The molecule has 3 heterocycles. The normalized spacial score (nSPS) is 26.6. The van der Waals surface area contributed by atoms with Crippen molar-refractivity contribution < 1.29 is 14.3 Å². The molecule has 1 unspecified atom stereocenters. The molecule has 2 aromatic rings. The molecule has 2 saturated heterocycles. The zero-order valence-corrected chi connectivity index (χ0v) is 19.9. The number of ether oxygens (including phenoxy) is 1. The third-order valence-electron chi connectivity index (χ3n) is 7.87. The molecular weight excluding hydrogens is 434 g/mol. The van der Waals surface area contributed by atoms with E-state index in [0.29, 0.717) is 31.6 Å². The highest BCUT2D eigenvalue weighted by Gasteiger charge is 2.33. The Morgan fingerprint density at radius 1 is 1.09 bits per heavy atom. The minimum atomic E-state index is -0.644. The molecule has 2 amide bonds. The maximum Gasteiger partial charge on any atom is 0.329 e. The van der Waals surface area contributed by atoms with Crippen LogP contribution in [0, 0.1) is 5.92 Å². The predicted molar refractivity (Wildman–Crippen MR) is 129 cm³/mol. The van der Waals surface area contributed by atoms with Gasteiger partial charge in [0.1, 0.15) is 6.04 Å². The van der Waals surface area contributed by atoms with E-state index in [0.717, 1.165) is 62.3 Å². The number of nitrogens with one attached hydrogen (secondary N) is 1. The summed E-state index contributed by atoms with van der Waals surface area (Å²) in [5.41, 5.74) is 8.14. The second-order valence-electron chi connectivity index (χ2n) is 10.1. The molecule has 184 valence electrons. The molecular formula is C25H35N5O4. The topological polar surface area (TPSA) is 112 Å². The summed E-state index contributed by atoms with van der Waals surface area (Å²) in [6.45, 7) is 4.58. The van der Waals surface area contributed by atoms with Crippen LogP contribution in [0.5, 0.6) is 0 Å². The van der Waals surface area contributed by atoms with Gasteiger partial charge in [0.2, 0.25) is 11.8 Å². The third kappa shape index (κ3) is 4.44. The molecule has 0 spiro atoms. The van der Waals surface area contributed by atoms with E-state index in [1.54, 1.807) is 16.2 Å². The summed E-state index contributed by atoms with van der Waals surface area (Å²) >= 11 is 0. The maximum atomic E-state index is 13.0. The van der Waals surface area contributed by atoms with Crippen LogP contribution in [0.1, 0.15) is 56.0 Å². The Hall–Kier alpha value is -2.49. The lowest BCUT2D eigenvalue weighted by Gasteiger charge is -2.40. The van der Waals surface area contributed by atoms with Gasteiger partial charge < -0.3 is 15.4 Å². The molecule has 1 saturated carbocycles. The van der Waals surface area contributed by atoms with Gasteiger partial charge in [0, 0.05) is 26.6 Å². The van der Waals surface area contributed by atoms with Crippen molar-refractivity contribution in [3.63, 3.8) is 0 Å². The molecule has 0 bridgehead atoms. The Kier molecular flexibility index (Phi) is 6.59. The molecule has 1 aromatic heterocycles. The van der Waals surface area contributed by atoms with Gasteiger partial charge in [-0.05, 0) is 74.7 Å². The highest BCUT2D eigenvalue weighted by molar-refractivity contribution is 6.00. The van der Waals surface area contributed by atoms with E-state index in [2.05, 4.69) is 22.3 Å². The van der Waals surface area contributed by atoms with Crippen molar-refractivity contribution in [2.75, 3.05) is 32.8 Å². The van der Waals surface area contributed by atoms with E-state index >= 15 is 0 Å². The summed E-state index contributed by atoms with van der Waals surface area (Å²) < 4.78 is 8.89. The number of carbonyl (C=O) groups excluding carboxylic acids is 2. The van der Waals surface area contributed by atoms with Gasteiger partial charge in [-0.1, -0.05) is 6.07 Å². The molecule has 3 N–H and O–H groups in total. The number of likely N-dealkylation sites (tertiary alicyclic amines) is 1. The largest absolute Gasteiger partial charge is 0.377 e. The van der Waals surface area contributed by atoms with Crippen LogP contribution < -0.4 is 16.7 Å². The van der Waals surface area contributed by atoms with Crippen molar-refractivity contribution in [1.29, 1.82) is 0 Å². The number of hydrogen-bond donors (Lipinski definition) is 2. The van der Waals surface area contributed by atoms with Gasteiger partial charge in [0.25, 0.3) is 0 Å². The highest BCUT2D eigenvalue weighted by atomic mass is 16.5. The van der Waals surface area contributed by atoms with Gasteiger partial charge in [-0.25, -0.2) is 4.79 Å². The summed E-state index contributed by atoms with van der Waals surface area (Å²) in [4.78, 5) is 39.5. The van der Waals surface area contributed by atoms with Crippen LogP contribution >= 0.6 is 0 Å². The molecule has 0 radical (unpaired) electrons. The van der Waals surface area contributed by atoms with Crippen molar-refractivity contribution in [3.05, 3.63) is 34.2 Å². The number of hydrogen-bond acceptors (Lipinski definition) is 6. The maximum absolute atomic E-state index is 13.0. The van der Waals surface area contributed by atoms with Crippen LogP contribution in [-0.2, 0) is 21.4 Å². The number of nitrogens with two attached hydrogens (primary N) is 1. The smallest absolute Gasteiger partial charge is 0.329 e. The number of imide groups is 1. The molecule has 34 heavy (non-hydrogen) atoms. The molecule has 5 rings (SSSR count). The molecule has 2 aliphatic heterocycles. The zero-order chi connectivity index (χ0) is 23.8. The summed E-state index contributed by atoms with van der Waals surface area (Å²) in [6.07, 6.45) is 5.50. The molecule has 1 aliphatic carbocycles. The number of rotatable bonds is 7. The summed E-state index contributed by atoms with van der Waals surface area (Å²) in [7, 11) is 1.75. The minimum Gasteiger partial charge on any atom is -0.377 e. The third-order valence-corrected chi connectivity index (χ3v) is 7.87. The predicted octanol–water partition coefficient (Wildman–Crippen LogP) is 1.25. The van der Waals surface area contributed by atoms with Crippen LogP contribution in [-0.4, -0.2) is 64.7 Å². The molecule has 1 atom stereocenters. The van der Waals surface area contributed by atoms with Crippen LogP contribution in [0.3, 0.4) is 0 Å². The lowest BCUT2D eigenvalue weighted by atomic mass is 9.81. The quantitative estimate of drug-likeness (QED) is 0.591. The fourth-order valence-electron chi connectivity index (χ4n) is 5.87.